The van der Waals surface area contributed by atoms with Gasteiger partial charge in [-0.25, -0.2) is 13.8 Å². The highest BCUT2D eigenvalue weighted by molar-refractivity contribution is 7.92. The zero-order valence-corrected chi connectivity index (χ0v) is 18.3. The largest absolute Gasteiger partial charge is 0.507 e. The number of nitrogens with zero attached hydrogens (tertiary/aromatic N) is 2. The molecule has 0 aliphatic heterocycles. The maximum Gasteiger partial charge on any atom is 0.264 e. The third-order valence-electron chi connectivity index (χ3n) is 4.14. The van der Waals surface area contributed by atoms with Crippen molar-refractivity contribution in [2.75, 3.05) is 10.8 Å². The molecule has 0 atom stereocenters. The highest BCUT2D eigenvalue weighted by Gasteiger charge is 2.27. The van der Waals surface area contributed by atoms with Crippen molar-refractivity contribution < 1.29 is 18.3 Å². The van der Waals surface area contributed by atoms with Gasteiger partial charge in [0.2, 0.25) is 0 Å². The summed E-state index contributed by atoms with van der Waals surface area (Å²) in [6.45, 7) is -0.562. The molecule has 3 aromatic rings. The van der Waals surface area contributed by atoms with Gasteiger partial charge in [0.05, 0.1) is 26.8 Å². The third-order valence-corrected chi connectivity index (χ3v) is 6.67. The maximum absolute atomic E-state index is 13.2. The summed E-state index contributed by atoms with van der Waals surface area (Å²) in [5.41, 5.74) is 2.82. The Kier molecular flexibility index (Phi) is 7.17. The Balaban J connectivity index is 1.87. The molecule has 0 aliphatic carbocycles. The fourth-order valence-electron chi connectivity index (χ4n) is 2.61. The number of carbonyl (C=O) groups excluding carboxylic acids is 1. The van der Waals surface area contributed by atoms with Crippen molar-refractivity contribution in [3.63, 3.8) is 0 Å². The van der Waals surface area contributed by atoms with Crippen molar-refractivity contribution >= 4 is 51.0 Å². The summed E-state index contributed by atoms with van der Waals surface area (Å²) < 4.78 is 27.3. The number of amides is 1. The summed E-state index contributed by atoms with van der Waals surface area (Å²) in [6, 6.07) is 18.4. The predicted molar refractivity (Wildman–Crippen MR) is 121 cm³/mol. The number of hydrazone groups is 1. The van der Waals surface area contributed by atoms with Crippen molar-refractivity contribution in [1.29, 1.82) is 0 Å². The summed E-state index contributed by atoms with van der Waals surface area (Å²) >= 11 is 12.0. The lowest BCUT2D eigenvalue weighted by molar-refractivity contribution is -0.119. The molecule has 0 bridgehead atoms. The lowest BCUT2D eigenvalue weighted by Gasteiger charge is -2.24. The van der Waals surface area contributed by atoms with Crippen molar-refractivity contribution in [2.24, 2.45) is 5.10 Å². The molecule has 0 saturated carbocycles. The van der Waals surface area contributed by atoms with Crippen LogP contribution in [0.3, 0.4) is 0 Å². The van der Waals surface area contributed by atoms with E-state index in [4.69, 9.17) is 23.2 Å². The smallest absolute Gasteiger partial charge is 0.264 e. The molecule has 0 radical (unpaired) electrons. The van der Waals surface area contributed by atoms with Crippen LogP contribution in [-0.4, -0.2) is 32.2 Å². The Morgan fingerprint density at radius 2 is 1.68 bits per heavy atom. The minimum absolute atomic E-state index is 0.00609. The molecule has 31 heavy (non-hydrogen) atoms. The number of hydrogen-bond donors (Lipinski definition) is 2. The number of phenols is 1. The first kappa shape index (κ1) is 22.6. The highest BCUT2D eigenvalue weighted by atomic mass is 35.5. The number of halogens is 2. The molecule has 3 aromatic carbocycles. The van der Waals surface area contributed by atoms with Gasteiger partial charge in [-0.05, 0) is 42.5 Å². The molecule has 3 rings (SSSR count). The number of hydrogen-bond acceptors (Lipinski definition) is 5. The van der Waals surface area contributed by atoms with Gasteiger partial charge in [-0.3, -0.25) is 9.10 Å². The van der Waals surface area contributed by atoms with E-state index in [0.29, 0.717) is 5.56 Å². The molecule has 7 nitrogen and oxygen atoms in total. The van der Waals surface area contributed by atoms with Crippen molar-refractivity contribution in [2.45, 2.75) is 4.90 Å². The Labute approximate surface area is 189 Å². The topological polar surface area (TPSA) is 99.1 Å². The molecule has 1 amide bonds. The van der Waals surface area contributed by atoms with E-state index in [-0.39, 0.29) is 26.4 Å². The van der Waals surface area contributed by atoms with Gasteiger partial charge in [0.15, 0.2) is 0 Å². The number of anilines is 1. The van der Waals surface area contributed by atoms with Gasteiger partial charge in [0.1, 0.15) is 12.3 Å². The SMILES string of the molecule is O=C(CN(c1ccc(Cl)c(Cl)c1)S(=O)(=O)c1ccccc1)N/N=C\c1ccccc1O. The van der Waals surface area contributed by atoms with Gasteiger partial charge in [-0.2, -0.15) is 5.10 Å². The van der Waals surface area contributed by atoms with Crippen molar-refractivity contribution in [1.82, 2.24) is 5.43 Å². The second kappa shape index (κ2) is 9.82. The fraction of sp³-hybridized carbons (Fsp3) is 0.0476. The molecular formula is C21H17Cl2N3O4S. The number of para-hydroxylation sites is 1. The second-order valence-electron chi connectivity index (χ2n) is 6.28. The minimum Gasteiger partial charge on any atom is -0.507 e. The summed E-state index contributed by atoms with van der Waals surface area (Å²) in [6.07, 6.45) is 1.25. The first-order valence-electron chi connectivity index (χ1n) is 8.92. The third kappa shape index (κ3) is 5.55. The number of rotatable bonds is 7. The van der Waals surface area contributed by atoms with E-state index in [9.17, 15) is 18.3 Å². The van der Waals surface area contributed by atoms with Crippen molar-refractivity contribution in [3.05, 3.63) is 88.4 Å². The molecular weight excluding hydrogens is 461 g/mol. The van der Waals surface area contributed by atoms with Crippen LogP contribution in [0.2, 0.25) is 10.0 Å². The molecule has 0 aromatic heterocycles. The zero-order chi connectivity index (χ0) is 22.4. The molecule has 0 unspecified atom stereocenters. The van der Waals surface area contributed by atoms with Gasteiger partial charge in [0, 0.05) is 5.56 Å². The summed E-state index contributed by atoms with van der Waals surface area (Å²) in [4.78, 5) is 12.5. The van der Waals surface area contributed by atoms with Gasteiger partial charge < -0.3 is 5.11 Å². The van der Waals surface area contributed by atoms with Crippen LogP contribution in [0.15, 0.2) is 82.8 Å². The fourth-order valence-corrected chi connectivity index (χ4v) is 4.34. The zero-order valence-electron chi connectivity index (χ0n) is 15.9. The summed E-state index contributed by atoms with van der Waals surface area (Å²) in [5, 5.41) is 13.9. The van der Waals surface area contributed by atoms with Gasteiger partial charge >= 0.3 is 0 Å². The van der Waals surface area contributed by atoms with Gasteiger partial charge in [-0.1, -0.05) is 53.5 Å². The highest BCUT2D eigenvalue weighted by Crippen LogP contribution is 2.30. The lowest BCUT2D eigenvalue weighted by Crippen LogP contribution is -2.39. The van der Waals surface area contributed by atoms with Crippen LogP contribution in [0.4, 0.5) is 5.69 Å². The Hall–Kier alpha value is -3.07. The van der Waals surface area contributed by atoms with E-state index in [1.807, 2.05) is 0 Å². The van der Waals surface area contributed by atoms with Crippen LogP contribution >= 0.6 is 23.2 Å². The predicted octanol–water partition coefficient (Wildman–Crippen LogP) is 4.04. The number of phenolic OH excluding ortho intramolecular Hbond substituents is 1. The van der Waals surface area contributed by atoms with Crippen LogP contribution in [0.25, 0.3) is 0 Å². The number of sulfonamides is 1. The second-order valence-corrected chi connectivity index (χ2v) is 8.95. The van der Waals surface area contributed by atoms with E-state index >= 15 is 0 Å². The molecule has 0 heterocycles. The molecule has 160 valence electrons. The summed E-state index contributed by atoms with van der Waals surface area (Å²) in [5.74, 6) is -0.707. The average molecular weight is 478 g/mol. The Bertz CT molecular complexity index is 1220. The standard InChI is InChI=1S/C21H17Cl2N3O4S/c22-18-11-10-16(12-19(18)23)26(31(29,30)17-7-2-1-3-8-17)14-21(28)25-24-13-15-6-4-5-9-20(15)27/h1-13,27H,14H2,(H,25,28)/b24-13-. The van der Waals surface area contributed by atoms with E-state index < -0.39 is 22.5 Å². The van der Waals surface area contributed by atoms with Crippen LogP contribution in [0.5, 0.6) is 5.75 Å². The number of nitrogens with one attached hydrogen (secondary N) is 1. The first-order chi connectivity index (χ1) is 14.8. The molecule has 10 heteroatoms. The Morgan fingerprint density at radius 3 is 2.35 bits per heavy atom. The lowest BCUT2D eigenvalue weighted by atomic mass is 10.2. The van der Waals surface area contributed by atoms with E-state index in [1.165, 1.54) is 42.6 Å². The van der Waals surface area contributed by atoms with Crippen LogP contribution in [-0.2, 0) is 14.8 Å². The molecule has 2 N–H and O–H groups in total. The number of aromatic hydroxyl groups is 1. The molecule has 0 saturated heterocycles. The van der Waals surface area contributed by atoms with E-state index in [2.05, 4.69) is 10.5 Å². The van der Waals surface area contributed by atoms with Crippen molar-refractivity contribution in [3.8, 4) is 5.75 Å². The maximum atomic E-state index is 13.2. The molecule has 0 spiro atoms. The van der Waals surface area contributed by atoms with Crippen LogP contribution < -0.4 is 9.73 Å². The van der Waals surface area contributed by atoms with Crippen LogP contribution in [0.1, 0.15) is 5.56 Å². The minimum atomic E-state index is -4.08. The van der Waals surface area contributed by atoms with Gasteiger partial charge in [0.25, 0.3) is 15.9 Å². The Morgan fingerprint density at radius 1 is 1.00 bits per heavy atom. The average Bonchev–Trinajstić information content (AvgIpc) is 2.76. The quantitative estimate of drug-likeness (QED) is 0.396. The number of benzene rings is 3. The summed E-state index contributed by atoms with van der Waals surface area (Å²) in [7, 11) is -4.08. The van der Waals surface area contributed by atoms with Crippen LogP contribution in [0, 0.1) is 0 Å². The first-order valence-corrected chi connectivity index (χ1v) is 11.1. The molecule has 0 fully saturated rings. The van der Waals surface area contributed by atoms with E-state index in [0.717, 1.165) is 4.31 Å². The monoisotopic (exact) mass is 477 g/mol. The number of carbonyl (C=O) groups is 1. The van der Waals surface area contributed by atoms with E-state index in [1.54, 1.807) is 36.4 Å². The molecule has 0 aliphatic rings. The van der Waals surface area contributed by atoms with Gasteiger partial charge in [-0.15, -0.1) is 0 Å². The normalized spacial score (nSPS) is 11.4.